The summed E-state index contributed by atoms with van der Waals surface area (Å²) in [6.45, 7) is 5.94. The third kappa shape index (κ3) is 1.96. The van der Waals surface area contributed by atoms with Gasteiger partial charge in [0.15, 0.2) is 0 Å². The number of hydrogen-bond acceptors (Lipinski definition) is 2. The second-order valence-corrected chi connectivity index (χ2v) is 7.03. The molecular formula is C15H23NS. The lowest BCUT2D eigenvalue weighted by atomic mass is 9.70. The van der Waals surface area contributed by atoms with Gasteiger partial charge in [0.2, 0.25) is 0 Å². The van der Waals surface area contributed by atoms with Crippen LogP contribution in [0.15, 0.2) is 11.4 Å². The van der Waals surface area contributed by atoms with Crippen molar-refractivity contribution < 1.29 is 0 Å². The van der Waals surface area contributed by atoms with Gasteiger partial charge in [0, 0.05) is 11.4 Å². The highest BCUT2D eigenvalue weighted by molar-refractivity contribution is 7.10. The Bertz CT molecular complexity index is 385. The first-order valence-electron chi connectivity index (χ1n) is 7.03. The van der Waals surface area contributed by atoms with Crippen LogP contribution in [0.25, 0.3) is 0 Å². The first-order chi connectivity index (χ1) is 8.21. The molecule has 1 fully saturated rings. The van der Waals surface area contributed by atoms with E-state index in [0.717, 1.165) is 11.8 Å². The maximum atomic E-state index is 3.85. The van der Waals surface area contributed by atoms with Gasteiger partial charge in [0.1, 0.15) is 0 Å². The molecule has 2 aliphatic rings. The van der Waals surface area contributed by atoms with E-state index in [1.54, 1.807) is 10.4 Å². The molecule has 0 radical (unpaired) electrons. The molecule has 0 bridgehead atoms. The lowest BCUT2D eigenvalue weighted by Crippen LogP contribution is -2.49. The van der Waals surface area contributed by atoms with Gasteiger partial charge in [-0.15, -0.1) is 11.3 Å². The van der Waals surface area contributed by atoms with Crippen LogP contribution in [0.1, 0.15) is 50.0 Å². The molecule has 1 N–H and O–H groups in total. The predicted molar refractivity (Wildman–Crippen MR) is 74.5 cm³/mol. The number of thiophene rings is 1. The molecule has 1 aromatic heterocycles. The zero-order chi connectivity index (χ0) is 11.9. The summed E-state index contributed by atoms with van der Waals surface area (Å²) in [5.41, 5.74) is 1.98. The quantitative estimate of drug-likeness (QED) is 0.795. The SMILES string of the molecule is CC(C)C1CCC2(CC1)NCCc1ccsc12. The van der Waals surface area contributed by atoms with Crippen molar-refractivity contribution in [1.82, 2.24) is 5.32 Å². The van der Waals surface area contributed by atoms with E-state index in [1.165, 1.54) is 38.6 Å². The standard InChI is InChI=1S/C15H23NS/c1-11(2)12-3-7-15(8-4-12)14-13(5-9-16-15)6-10-17-14/h6,10-12,16H,3-5,7-9H2,1-2H3. The fourth-order valence-electron chi connectivity index (χ4n) is 3.67. The normalized spacial score (nSPS) is 33.0. The molecule has 0 saturated heterocycles. The minimum Gasteiger partial charge on any atom is -0.306 e. The summed E-state index contributed by atoms with van der Waals surface area (Å²) in [4.78, 5) is 1.66. The van der Waals surface area contributed by atoms with Crippen LogP contribution >= 0.6 is 11.3 Å². The van der Waals surface area contributed by atoms with Gasteiger partial charge >= 0.3 is 0 Å². The Morgan fingerprint density at radius 3 is 2.82 bits per heavy atom. The summed E-state index contributed by atoms with van der Waals surface area (Å²) in [5.74, 6) is 1.81. The molecule has 0 atom stereocenters. The van der Waals surface area contributed by atoms with Gasteiger partial charge in [0.25, 0.3) is 0 Å². The molecule has 1 aliphatic carbocycles. The van der Waals surface area contributed by atoms with Gasteiger partial charge in [-0.05, 0) is 60.9 Å². The summed E-state index contributed by atoms with van der Waals surface area (Å²) < 4.78 is 0. The molecule has 2 heteroatoms. The summed E-state index contributed by atoms with van der Waals surface area (Å²) in [5, 5.41) is 6.13. The average Bonchev–Trinajstić information content (AvgIpc) is 2.80. The van der Waals surface area contributed by atoms with Crippen molar-refractivity contribution in [3.05, 3.63) is 21.9 Å². The molecule has 2 heterocycles. The van der Waals surface area contributed by atoms with Gasteiger partial charge in [0.05, 0.1) is 5.54 Å². The molecule has 94 valence electrons. The van der Waals surface area contributed by atoms with Crippen LogP contribution in [0.3, 0.4) is 0 Å². The van der Waals surface area contributed by atoms with E-state index in [2.05, 4.69) is 30.6 Å². The number of hydrogen-bond donors (Lipinski definition) is 1. The molecule has 3 rings (SSSR count). The first-order valence-corrected chi connectivity index (χ1v) is 7.91. The minimum atomic E-state index is 0.354. The number of rotatable bonds is 1. The van der Waals surface area contributed by atoms with Crippen LogP contribution in [-0.4, -0.2) is 6.54 Å². The Kier molecular flexibility index (Phi) is 3.04. The van der Waals surface area contributed by atoms with E-state index in [4.69, 9.17) is 0 Å². The van der Waals surface area contributed by atoms with Crippen LogP contribution in [0.2, 0.25) is 0 Å². The molecule has 1 saturated carbocycles. The monoisotopic (exact) mass is 249 g/mol. The van der Waals surface area contributed by atoms with E-state index in [-0.39, 0.29) is 0 Å². The lowest BCUT2D eigenvalue weighted by Gasteiger charge is -2.44. The maximum absolute atomic E-state index is 3.85. The molecule has 1 aromatic rings. The molecule has 1 spiro atoms. The molecule has 0 unspecified atom stereocenters. The largest absolute Gasteiger partial charge is 0.306 e. The summed E-state index contributed by atoms with van der Waals surface area (Å²) in [7, 11) is 0. The average molecular weight is 249 g/mol. The van der Waals surface area contributed by atoms with Crippen LogP contribution in [0.4, 0.5) is 0 Å². The zero-order valence-corrected chi connectivity index (χ0v) is 11.8. The van der Waals surface area contributed by atoms with Crippen molar-refractivity contribution in [2.75, 3.05) is 6.54 Å². The Morgan fingerprint density at radius 1 is 1.35 bits per heavy atom. The van der Waals surface area contributed by atoms with Gasteiger partial charge in [-0.25, -0.2) is 0 Å². The fraction of sp³-hybridized carbons (Fsp3) is 0.733. The zero-order valence-electron chi connectivity index (χ0n) is 11.0. The van der Waals surface area contributed by atoms with E-state index in [1.807, 2.05) is 11.3 Å². The summed E-state index contributed by atoms with van der Waals surface area (Å²) in [6.07, 6.45) is 6.74. The van der Waals surface area contributed by atoms with Crippen molar-refractivity contribution in [1.29, 1.82) is 0 Å². The fourth-order valence-corrected chi connectivity index (χ4v) is 4.86. The molecule has 17 heavy (non-hydrogen) atoms. The smallest absolute Gasteiger partial charge is 0.0531 e. The highest BCUT2D eigenvalue weighted by atomic mass is 32.1. The van der Waals surface area contributed by atoms with Crippen molar-refractivity contribution in [2.24, 2.45) is 11.8 Å². The number of nitrogens with one attached hydrogen (secondary N) is 1. The van der Waals surface area contributed by atoms with Crippen LogP contribution in [0, 0.1) is 11.8 Å². The third-order valence-corrected chi connectivity index (χ3v) is 6.03. The van der Waals surface area contributed by atoms with E-state index in [9.17, 15) is 0 Å². The Balaban J connectivity index is 1.82. The van der Waals surface area contributed by atoms with Gasteiger partial charge in [-0.1, -0.05) is 13.8 Å². The van der Waals surface area contributed by atoms with Gasteiger partial charge in [-0.2, -0.15) is 0 Å². The molecule has 1 nitrogen and oxygen atoms in total. The highest BCUT2D eigenvalue weighted by Gasteiger charge is 2.40. The summed E-state index contributed by atoms with van der Waals surface area (Å²) >= 11 is 1.98. The van der Waals surface area contributed by atoms with Crippen LogP contribution < -0.4 is 5.32 Å². The lowest BCUT2D eigenvalue weighted by molar-refractivity contribution is 0.157. The van der Waals surface area contributed by atoms with Crippen LogP contribution in [0.5, 0.6) is 0 Å². The second-order valence-electron chi connectivity index (χ2n) is 6.12. The predicted octanol–water partition coefficient (Wildman–Crippen LogP) is 3.94. The van der Waals surface area contributed by atoms with Crippen LogP contribution in [-0.2, 0) is 12.0 Å². The van der Waals surface area contributed by atoms with E-state index < -0.39 is 0 Å². The molecular weight excluding hydrogens is 226 g/mol. The second kappa shape index (κ2) is 4.40. The molecule has 0 amide bonds. The highest BCUT2D eigenvalue weighted by Crippen LogP contribution is 2.46. The van der Waals surface area contributed by atoms with E-state index >= 15 is 0 Å². The van der Waals surface area contributed by atoms with Crippen molar-refractivity contribution in [2.45, 2.75) is 51.5 Å². The number of fused-ring (bicyclic) bond motifs is 2. The first kappa shape index (κ1) is 11.7. The van der Waals surface area contributed by atoms with Crippen molar-refractivity contribution in [3.8, 4) is 0 Å². The van der Waals surface area contributed by atoms with Crippen molar-refractivity contribution >= 4 is 11.3 Å². The van der Waals surface area contributed by atoms with E-state index in [0.29, 0.717) is 5.54 Å². The van der Waals surface area contributed by atoms with Gasteiger partial charge in [-0.3, -0.25) is 0 Å². The van der Waals surface area contributed by atoms with Gasteiger partial charge < -0.3 is 5.32 Å². The Morgan fingerprint density at radius 2 is 2.12 bits per heavy atom. The Labute approximate surface area is 109 Å². The topological polar surface area (TPSA) is 12.0 Å². The molecule has 0 aromatic carbocycles. The Hall–Kier alpha value is -0.340. The minimum absolute atomic E-state index is 0.354. The summed E-state index contributed by atoms with van der Waals surface area (Å²) in [6, 6.07) is 2.34. The van der Waals surface area contributed by atoms with Crippen molar-refractivity contribution in [3.63, 3.8) is 0 Å². The third-order valence-electron chi connectivity index (χ3n) is 4.87. The maximum Gasteiger partial charge on any atom is 0.0531 e. The molecule has 1 aliphatic heterocycles.